The summed E-state index contributed by atoms with van der Waals surface area (Å²) < 4.78 is 11.2. The average molecular weight is 289 g/mol. The number of hydrogen-bond acceptors (Lipinski definition) is 3. The molecule has 0 radical (unpaired) electrons. The van der Waals surface area contributed by atoms with Crippen molar-refractivity contribution in [1.29, 1.82) is 0 Å². The van der Waals surface area contributed by atoms with E-state index >= 15 is 0 Å². The van der Waals surface area contributed by atoms with Crippen LogP contribution in [0.5, 0.6) is 0 Å². The molecule has 0 aromatic carbocycles. The second-order valence-corrected chi connectivity index (χ2v) is 7.66. The van der Waals surface area contributed by atoms with Gasteiger partial charge in [0.1, 0.15) is 0 Å². The van der Waals surface area contributed by atoms with Crippen molar-refractivity contribution in [2.24, 2.45) is 5.92 Å². The molecule has 0 saturated carbocycles. The number of nitrogens with one attached hydrogen (secondary N) is 1. The zero-order chi connectivity index (χ0) is 14.4. The number of likely N-dealkylation sites (tertiary alicyclic amines) is 1. The van der Waals surface area contributed by atoms with Crippen LogP contribution in [0.4, 0.5) is 0 Å². The molecule has 0 amide bonds. The Balaban J connectivity index is 2.48. The fraction of sp³-hybridized carbons (Fsp3) is 1.00. The number of nitrogens with zero attached hydrogens (tertiary/aromatic N) is 1. The minimum Gasteiger partial charge on any atom is -0.314 e. The van der Waals surface area contributed by atoms with Crippen molar-refractivity contribution in [1.82, 2.24) is 10.2 Å². The normalized spacial score (nSPS) is 32.2. The lowest BCUT2D eigenvalue weighted by atomic mass is 9.86. The van der Waals surface area contributed by atoms with Crippen LogP contribution >= 0.6 is 0 Å². The van der Waals surface area contributed by atoms with Crippen LogP contribution in [0.15, 0.2) is 0 Å². The maximum Gasteiger partial charge on any atom is 0.0246 e. The molecule has 1 N–H and O–H groups in total. The molecule has 0 aromatic rings. The van der Waals surface area contributed by atoms with Gasteiger partial charge in [-0.05, 0) is 45.6 Å². The maximum atomic E-state index is 11.2. The van der Waals surface area contributed by atoms with Crippen LogP contribution in [0, 0.1) is 5.92 Å². The molecule has 1 fully saturated rings. The molecular formula is C15H32N2OS. The van der Waals surface area contributed by atoms with Gasteiger partial charge in [0.05, 0.1) is 0 Å². The summed E-state index contributed by atoms with van der Waals surface area (Å²) >= 11 is 0. The van der Waals surface area contributed by atoms with E-state index in [9.17, 15) is 4.21 Å². The Morgan fingerprint density at radius 1 is 1.42 bits per heavy atom. The van der Waals surface area contributed by atoms with E-state index in [1.54, 1.807) is 6.26 Å². The molecule has 4 heteroatoms. The zero-order valence-electron chi connectivity index (χ0n) is 13.3. The van der Waals surface area contributed by atoms with Crippen molar-refractivity contribution in [3.8, 4) is 0 Å². The van der Waals surface area contributed by atoms with Crippen LogP contribution in [0.1, 0.15) is 47.0 Å². The van der Waals surface area contributed by atoms with Crippen LogP contribution < -0.4 is 5.32 Å². The van der Waals surface area contributed by atoms with Crippen LogP contribution in [-0.2, 0) is 10.8 Å². The summed E-state index contributed by atoms with van der Waals surface area (Å²) in [7, 11) is -0.661. The van der Waals surface area contributed by atoms with Crippen LogP contribution in [-0.4, -0.2) is 52.3 Å². The van der Waals surface area contributed by atoms with Gasteiger partial charge >= 0.3 is 0 Å². The van der Waals surface area contributed by atoms with Gasteiger partial charge in [-0.15, -0.1) is 0 Å². The van der Waals surface area contributed by atoms with Crippen molar-refractivity contribution >= 4 is 10.8 Å². The van der Waals surface area contributed by atoms with Gasteiger partial charge in [0, 0.05) is 47.5 Å². The standard InChI is InChI=1S/C15H32N2OS/c1-6-9-16-15-7-10-17(14(4)13(15)3)12(2)8-11-19(5)18/h12-16H,6-11H2,1-5H3. The van der Waals surface area contributed by atoms with Crippen molar-refractivity contribution in [2.45, 2.75) is 65.1 Å². The fourth-order valence-corrected chi connectivity index (χ4v) is 3.81. The largest absolute Gasteiger partial charge is 0.314 e. The Morgan fingerprint density at radius 2 is 2.11 bits per heavy atom. The van der Waals surface area contributed by atoms with E-state index in [0.717, 1.165) is 18.7 Å². The number of piperidine rings is 1. The first kappa shape index (κ1) is 17.1. The number of rotatable bonds is 7. The summed E-state index contributed by atoms with van der Waals surface area (Å²) in [6.45, 7) is 11.5. The first-order valence-electron chi connectivity index (χ1n) is 7.76. The van der Waals surface area contributed by atoms with Gasteiger partial charge in [0.2, 0.25) is 0 Å². The molecule has 1 rings (SSSR count). The third kappa shape index (κ3) is 5.16. The van der Waals surface area contributed by atoms with Crippen molar-refractivity contribution in [3.63, 3.8) is 0 Å². The summed E-state index contributed by atoms with van der Waals surface area (Å²) in [6, 6.07) is 1.83. The Kier molecular flexibility index (Phi) is 7.55. The lowest BCUT2D eigenvalue weighted by Crippen LogP contribution is -2.56. The van der Waals surface area contributed by atoms with Crippen LogP contribution in [0.2, 0.25) is 0 Å². The Morgan fingerprint density at radius 3 is 2.68 bits per heavy atom. The van der Waals surface area contributed by atoms with Crippen molar-refractivity contribution < 1.29 is 4.21 Å². The quantitative estimate of drug-likeness (QED) is 0.780. The van der Waals surface area contributed by atoms with E-state index in [0.29, 0.717) is 24.0 Å². The highest BCUT2D eigenvalue weighted by molar-refractivity contribution is 7.84. The maximum absolute atomic E-state index is 11.2. The molecule has 3 nitrogen and oxygen atoms in total. The van der Waals surface area contributed by atoms with Gasteiger partial charge < -0.3 is 5.32 Å². The molecule has 1 heterocycles. The van der Waals surface area contributed by atoms with Crippen LogP contribution in [0.25, 0.3) is 0 Å². The first-order chi connectivity index (χ1) is 8.97. The highest BCUT2D eigenvalue weighted by Gasteiger charge is 2.33. The molecule has 1 saturated heterocycles. The highest BCUT2D eigenvalue weighted by Crippen LogP contribution is 2.26. The molecule has 1 aliphatic heterocycles. The van der Waals surface area contributed by atoms with Gasteiger partial charge in [-0.25, -0.2) is 0 Å². The average Bonchev–Trinajstić information content (AvgIpc) is 2.37. The number of hydrogen-bond donors (Lipinski definition) is 1. The van der Waals surface area contributed by atoms with E-state index in [-0.39, 0.29) is 0 Å². The Bertz CT molecular complexity index is 285. The second kappa shape index (κ2) is 8.38. The van der Waals surface area contributed by atoms with Gasteiger partial charge in [-0.1, -0.05) is 13.8 Å². The van der Waals surface area contributed by atoms with Crippen molar-refractivity contribution in [2.75, 3.05) is 25.1 Å². The third-order valence-electron chi connectivity index (χ3n) is 4.66. The van der Waals surface area contributed by atoms with Gasteiger partial charge in [-0.2, -0.15) is 0 Å². The molecule has 0 aliphatic carbocycles. The van der Waals surface area contributed by atoms with E-state index in [4.69, 9.17) is 0 Å². The summed E-state index contributed by atoms with van der Waals surface area (Å²) in [5, 5.41) is 3.69. The summed E-state index contributed by atoms with van der Waals surface area (Å²) in [4.78, 5) is 2.61. The van der Waals surface area contributed by atoms with Crippen molar-refractivity contribution in [3.05, 3.63) is 0 Å². The third-order valence-corrected chi connectivity index (χ3v) is 5.47. The SMILES string of the molecule is CCCNC1CCN(C(C)CCS(C)=O)C(C)C1C. The smallest absolute Gasteiger partial charge is 0.0246 e. The summed E-state index contributed by atoms with van der Waals surface area (Å²) in [5.41, 5.74) is 0. The molecule has 114 valence electrons. The Labute approximate surface area is 122 Å². The molecule has 19 heavy (non-hydrogen) atoms. The first-order valence-corrected chi connectivity index (χ1v) is 9.49. The minimum absolute atomic E-state index is 0.550. The van der Waals surface area contributed by atoms with Gasteiger partial charge in [0.25, 0.3) is 0 Å². The van der Waals surface area contributed by atoms with E-state index in [1.165, 1.54) is 19.4 Å². The monoisotopic (exact) mass is 288 g/mol. The summed E-state index contributed by atoms with van der Waals surface area (Å²) in [6.07, 6.45) is 5.30. The molecule has 0 bridgehead atoms. The lowest BCUT2D eigenvalue weighted by molar-refractivity contribution is 0.0519. The molecular weight excluding hydrogens is 256 g/mol. The van der Waals surface area contributed by atoms with Crippen LogP contribution in [0.3, 0.4) is 0 Å². The van der Waals surface area contributed by atoms with E-state index < -0.39 is 10.8 Å². The minimum atomic E-state index is -0.661. The zero-order valence-corrected chi connectivity index (χ0v) is 14.1. The van der Waals surface area contributed by atoms with Gasteiger partial charge in [0.15, 0.2) is 0 Å². The summed E-state index contributed by atoms with van der Waals surface area (Å²) in [5.74, 6) is 1.52. The molecule has 1 aliphatic rings. The predicted molar refractivity (Wildman–Crippen MR) is 85.0 cm³/mol. The predicted octanol–water partition coefficient (Wildman–Crippen LogP) is 2.24. The van der Waals surface area contributed by atoms with E-state index in [2.05, 4.69) is 37.9 Å². The molecule has 0 aromatic heterocycles. The highest BCUT2D eigenvalue weighted by atomic mass is 32.2. The molecule has 0 spiro atoms. The fourth-order valence-electron chi connectivity index (χ4n) is 3.13. The topological polar surface area (TPSA) is 32.3 Å². The van der Waals surface area contributed by atoms with E-state index in [1.807, 2.05) is 0 Å². The lowest BCUT2D eigenvalue weighted by Gasteiger charge is -2.46. The Hall–Kier alpha value is 0.0700. The second-order valence-electron chi connectivity index (χ2n) is 6.10. The molecule has 5 unspecified atom stereocenters. The van der Waals surface area contributed by atoms with Gasteiger partial charge in [-0.3, -0.25) is 9.11 Å². The molecule has 5 atom stereocenters.